The van der Waals surface area contributed by atoms with Crippen LogP contribution in [-0.2, 0) is 4.79 Å². The first-order chi connectivity index (χ1) is 8.16. The van der Waals surface area contributed by atoms with Gasteiger partial charge >= 0.3 is 5.97 Å². The van der Waals surface area contributed by atoms with E-state index in [1.165, 1.54) is 11.8 Å². The van der Waals surface area contributed by atoms with Crippen molar-refractivity contribution in [3.05, 3.63) is 29.8 Å². The summed E-state index contributed by atoms with van der Waals surface area (Å²) in [7, 11) is 0. The quantitative estimate of drug-likeness (QED) is 0.828. The number of amides is 1. The van der Waals surface area contributed by atoms with Crippen molar-refractivity contribution in [1.82, 2.24) is 4.90 Å². The molecule has 1 aliphatic heterocycles. The van der Waals surface area contributed by atoms with Crippen LogP contribution in [0.25, 0.3) is 0 Å². The highest BCUT2D eigenvalue weighted by Crippen LogP contribution is 2.20. The number of carbonyl (C=O) groups excluding carboxylic acids is 1. The largest absolute Gasteiger partial charge is 0.478 e. The Hall–Kier alpha value is -1.49. The number of carboxylic acid groups (broad SMARTS) is 1. The molecule has 1 aromatic carbocycles. The minimum atomic E-state index is -0.943. The molecule has 1 N–H and O–H groups in total. The number of hydrogen-bond acceptors (Lipinski definition) is 3. The Kier molecular flexibility index (Phi) is 3.68. The van der Waals surface area contributed by atoms with E-state index in [-0.39, 0.29) is 11.5 Å². The van der Waals surface area contributed by atoms with Crippen LogP contribution in [-0.4, -0.2) is 40.7 Å². The predicted octanol–water partition coefficient (Wildman–Crippen LogP) is 1.71. The van der Waals surface area contributed by atoms with Crippen LogP contribution in [0, 0.1) is 0 Å². The number of nitrogens with zero attached hydrogens (tertiary/aromatic N) is 1. The molecule has 1 aromatic rings. The Labute approximate surface area is 104 Å². The molecule has 1 saturated heterocycles. The Balaban J connectivity index is 1.91. The van der Waals surface area contributed by atoms with Crippen molar-refractivity contribution < 1.29 is 14.7 Å². The van der Waals surface area contributed by atoms with Crippen LogP contribution < -0.4 is 0 Å². The molecule has 0 saturated carbocycles. The number of carbonyl (C=O) groups is 2. The fraction of sp³-hybridized carbons (Fsp3) is 0.333. The minimum Gasteiger partial charge on any atom is -0.478 e. The zero-order chi connectivity index (χ0) is 12.3. The van der Waals surface area contributed by atoms with Gasteiger partial charge in [-0.2, -0.15) is 0 Å². The maximum Gasteiger partial charge on any atom is 0.335 e. The molecular weight excluding hydrogens is 238 g/mol. The molecule has 2 rings (SSSR count). The van der Waals surface area contributed by atoms with Gasteiger partial charge in [-0.1, -0.05) is 6.07 Å². The number of rotatable bonds is 4. The summed E-state index contributed by atoms with van der Waals surface area (Å²) in [5, 5.41) is 8.84. The van der Waals surface area contributed by atoms with Gasteiger partial charge in [0.25, 0.3) is 0 Å². The van der Waals surface area contributed by atoms with E-state index in [1.807, 2.05) is 11.0 Å². The molecule has 17 heavy (non-hydrogen) atoms. The van der Waals surface area contributed by atoms with Gasteiger partial charge in [0.1, 0.15) is 0 Å². The Bertz CT molecular complexity index is 443. The second-order valence-corrected chi connectivity index (χ2v) is 4.90. The number of aromatic carboxylic acids is 1. The van der Waals surface area contributed by atoms with Crippen LogP contribution in [0.1, 0.15) is 16.8 Å². The van der Waals surface area contributed by atoms with E-state index in [0.29, 0.717) is 5.75 Å². The van der Waals surface area contributed by atoms with E-state index in [4.69, 9.17) is 5.11 Å². The molecule has 4 nitrogen and oxygen atoms in total. The zero-order valence-electron chi connectivity index (χ0n) is 9.26. The second-order valence-electron chi connectivity index (χ2n) is 3.86. The summed E-state index contributed by atoms with van der Waals surface area (Å²) in [5.41, 5.74) is 0.256. The van der Waals surface area contributed by atoms with Gasteiger partial charge in [0.05, 0.1) is 11.3 Å². The third-order valence-corrected chi connectivity index (χ3v) is 3.63. The number of hydrogen-bond donors (Lipinski definition) is 1. The van der Waals surface area contributed by atoms with Crippen LogP contribution in [0.4, 0.5) is 0 Å². The number of benzene rings is 1. The van der Waals surface area contributed by atoms with Crippen molar-refractivity contribution in [3.8, 4) is 0 Å². The van der Waals surface area contributed by atoms with Crippen LogP contribution in [0.2, 0.25) is 0 Å². The van der Waals surface area contributed by atoms with Gasteiger partial charge in [0.15, 0.2) is 0 Å². The fourth-order valence-corrected chi connectivity index (χ4v) is 2.38. The molecule has 0 aromatic heterocycles. The highest BCUT2D eigenvalue weighted by molar-refractivity contribution is 8.00. The standard InChI is InChI=1S/C12H13NO3S/c14-11(13-5-2-6-13)8-17-10-4-1-3-9(7-10)12(15)16/h1,3-4,7H,2,5-6,8H2,(H,15,16). The van der Waals surface area contributed by atoms with Crippen LogP contribution in [0.15, 0.2) is 29.2 Å². The van der Waals surface area contributed by atoms with E-state index in [2.05, 4.69) is 0 Å². The fourth-order valence-electron chi connectivity index (χ4n) is 1.52. The van der Waals surface area contributed by atoms with E-state index in [0.717, 1.165) is 24.4 Å². The Morgan fingerprint density at radius 1 is 1.35 bits per heavy atom. The monoisotopic (exact) mass is 251 g/mol. The molecule has 0 bridgehead atoms. The van der Waals surface area contributed by atoms with Crippen LogP contribution >= 0.6 is 11.8 Å². The van der Waals surface area contributed by atoms with Gasteiger partial charge in [-0.05, 0) is 24.6 Å². The van der Waals surface area contributed by atoms with Crippen LogP contribution in [0.3, 0.4) is 0 Å². The Morgan fingerprint density at radius 2 is 2.12 bits per heavy atom. The van der Waals surface area contributed by atoms with E-state index < -0.39 is 5.97 Å². The first-order valence-corrected chi connectivity index (χ1v) is 6.39. The van der Waals surface area contributed by atoms with Crippen molar-refractivity contribution in [1.29, 1.82) is 0 Å². The summed E-state index contributed by atoms with van der Waals surface area (Å²) in [6.07, 6.45) is 1.09. The van der Waals surface area contributed by atoms with Gasteiger partial charge in [-0.3, -0.25) is 4.79 Å². The lowest BCUT2D eigenvalue weighted by Gasteiger charge is -2.30. The highest BCUT2D eigenvalue weighted by atomic mass is 32.2. The van der Waals surface area contributed by atoms with Gasteiger partial charge < -0.3 is 10.0 Å². The normalized spacial score (nSPS) is 14.2. The van der Waals surface area contributed by atoms with E-state index in [1.54, 1.807) is 18.2 Å². The third-order valence-electron chi connectivity index (χ3n) is 2.65. The second kappa shape index (κ2) is 5.23. The number of likely N-dealkylation sites (tertiary alicyclic amines) is 1. The van der Waals surface area contributed by atoms with Crippen molar-refractivity contribution >= 4 is 23.6 Å². The lowest BCUT2D eigenvalue weighted by Crippen LogP contribution is -2.42. The van der Waals surface area contributed by atoms with Crippen LogP contribution in [0.5, 0.6) is 0 Å². The Morgan fingerprint density at radius 3 is 2.71 bits per heavy atom. The smallest absolute Gasteiger partial charge is 0.335 e. The molecule has 0 spiro atoms. The predicted molar refractivity (Wildman–Crippen MR) is 65.3 cm³/mol. The molecular formula is C12H13NO3S. The summed E-state index contributed by atoms with van der Waals surface area (Å²) in [4.78, 5) is 25.0. The molecule has 0 unspecified atom stereocenters. The van der Waals surface area contributed by atoms with Crippen molar-refractivity contribution in [2.24, 2.45) is 0 Å². The summed E-state index contributed by atoms with van der Waals surface area (Å²) in [6, 6.07) is 6.65. The summed E-state index contributed by atoms with van der Waals surface area (Å²) in [6.45, 7) is 1.71. The molecule has 1 aliphatic rings. The maximum absolute atomic E-state index is 11.6. The van der Waals surface area contributed by atoms with Gasteiger partial charge in [-0.25, -0.2) is 4.79 Å². The number of thioether (sulfide) groups is 1. The molecule has 1 fully saturated rings. The van der Waals surface area contributed by atoms with Gasteiger partial charge in [0.2, 0.25) is 5.91 Å². The molecule has 90 valence electrons. The molecule has 0 radical (unpaired) electrons. The average Bonchev–Trinajstić information content (AvgIpc) is 2.24. The first kappa shape index (κ1) is 12.0. The molecule has 1 heterocycles. The highest BCUT2D eigenvalue weighted by Gasteiger charge is 2.19. The number of carboxylic acids is 1. The molecule has 0 aliphatic carbocycles. The van der Waals surface area contributed by atoms with Crippen molar-refractivity contribution in [3.63, 3.8) is 0 Å². The molecule has 0 atom stereocenters. The van der Waals surface area contributed by atoms with Gasteiger partial charge in [0, 0.05) is 18.0 Å². The van der Waals surface area contributed by atoms with Gasteiger partial charge in [-0.15, -0.1) is 11.8 Å². The topological polar surface area (TPSA) is 57.6 Å². The molecule has 5 heteroatoms. The zero-order valence-corrected chi connectivity index (χ0v) is 10.1. The lowest BCUT2D eigenvalue weighted by atomic mass is 10.2. The summed E-state index contributed by atoms with van der Waals surface area (Å²) < 4.78 is 0. The SMILES string of the molecule is O=C(O)c1cccc(SCC(=O)N2CCC2)c1. The van der Waals surface area contributed by atoms with Crippen molar-refractivity contribution in [2.45, 2.75) is 11.3 Å². The first-order valence-electron chi connectivity index (χ1n) is 5.41. The summed E-state index contributed by atoms with van der Waals surface area (Å²) in [5.74, 6) is -0.438. The van der Waals surface area contributed by atoms with Crippen molar-refractivity contribution in [2.75, 3.05) is 18.8 Å². The third kappa shape index (κ3) is 3.00. The van der Waals surface area contributed by atoms with E-state index in [9.17, 15) is 9.59 Å². The average molecular weight is 251 g/mol. The van der Waals surface area contributed by atoms with E-state index >= 15 is 0 Å². The maximum atomic E-state index is 11.6. The summed E-state index contributed by atoms with van der Waals surface area (Å²) >= 11 is 1.38. The lowest BCUT2D eigenvalue weighted by molar-refractivity contribution is -0.131. The molecule has 1 amide bonds. The minimum absolute atomic E-state index is 0.127.